The van der Waals surface area contributed by atoms with Crippen molar-refractivity contribution in [1.82, 2.24) is 5.32 Å². The number of nitrogens with one attached hydrogen (secondary N) is 1. The van der Waals surface area contributed by atoms with Gasteiger partial charge in [0.15, 0.2) is 0 Å². The second-order valence-electron chi connectivity index (χ2n) is 5.45. The van der Waals surface area contributed by atoms with Crippen LogP contribution < -0.4 is 5.32 Å². The van der Waals surface area contributed by atoms with Crippen LogP contribution in [0.3, 0.4) is 0 Å². The van der Waals surface area contributed by atoms with Crippen LogP contribution in [0.4, 0.5) is 0 Å². The Balaban J connectivity index is 1.95. The second kappa shape index (κ2) is 6.88. The van der Waals surface area contributed by atoms with E-state index in [1.54, 1.807) is 11.3 Å². The van der Waals surface area contributed by atoms with Gasteiger partial charge in [-0.15, -0.1) is 11.3 Å². The van der Waals surface area contributed by atoms with Crippen molar-refractivity contribution >= 4 is 23.2 Å². The standard InChI is InChI=1S/C15H21NO3S/c1-10-7-8-11(20-10)9-14(17)16-13-6-4-2-3-5-12(13)15(18)19/h7-8,12-13H,2-6,9H2,1H3,(H,16,17)(H,18,19)/t12-,13+/m1/s1. The van der Waals surface area contributed by atoms with E-state index in [0.29, 0.717) is 12.8 Å². The van der Waals surface area contributed by atoms with Gasteiger partial charge in [0, 0.05) is 15.8 Å². The van der Waals surface area contributed by atoms with Crippen molar-refractivity contribution in [1.29, 1.82) is 0 Å². The number of carboxylic acids is 1. The molecule has 2 N–H and O–H groups in total. The topological polar surface area (TPSA) is 66.4 Å². The predicted octanol–water partition coefficient (Wildman–Crippen LogP) is 2.75. The van der Waals surface area contributed by atoms with Gasteiger partial charge in [0.25, 0.3) is 0 Å². The number of hydrogen-bond acceptors (Lipinski definition) is 3. The molecule has 1 fully saturated rings. The largest absolute Gasteiger partial charge is 0.481 e. The summed E-state index contributed by atoms with van der Waals surface area (Å²) >= 11 is 1.61. The van der Waals surface area contributed by atoms with Crippen molar-refractivity contribution in [3.05, 3.63) is 21.9 Å². The maximum Gasteiger partial charge on any atom is 0.308 e. The van der Waals surface area contributed by atoms with Gasteiger partial charge in [-0.25, -0.2) is 0 Å². The smallest absolute Gasteiger partial charge is 0.308 e. The van der Waals surface area contributed by atoms with Crippen molar-refractivity contribution in [3.8, 4) is 0 Å². The van der Waals surface area contributed by atoms with Crippen LogP contribution in [0.15, 0.2) is 12.1 Å². The van der Waals surface area contributed by atoms with E-state index < -0.39 is 11.9 Å². The molecule has 5 heteroatoms. The molecule has 110 valence electrons. The van der Waals surface area contributed by atoms with Gasteiger partial charge in [-0.05, 0) is 31.9 Å². The fraction of sp³-hybridized carbons (Fsp3) is 0.600. The van der Waals surface area contributed by atoms with Crippen LogP contribution in [0.1, 0.15) is 41.9 Å². The van der Waals surface area contributed by atoms with Crippen LogP contribution in [0.5, 0.6) is 0 Å². The molecular formula is C15H21NO3S. The Labute approximate surface area is 123 Å². The summed E-state index contributed by atoms with van der Waals surface area (Å²) in [7, 11) is 0. The summed E-state index contributed by atoms with van der Waals surface area (Å²) in [6.45, 7) is 2.01. The van der Waals surface area contributed by atoms with Crippen LogP contribution in [0.2, 0.25) is 0 Å². The zero-order valence-electron chi connectivity index (χ0n) is 11.7. The third-order valence-corrected chi connectivity index (χ3v) is 4.81. The van der Waals surface area contributed by atoms with Crippen molar-refractivity contribution in [2.24, 2.45) is 5.92 Å². The predicted molar refractivity (Wildman–Crippen MR) is 78.9 cm³/mol. The molecule has 0 saturated heterocycles. The molecule has 2 atom stereocenters. The number of rotatable bonds is 4. The first kappa shape index (κ1) is 15.0. The number of carboxylic acid groups (broad SMARTS) is 1. The van der Waals surface area contributed by atoms with Gasteiger partial charge in [0.2, 0.25) is 5.91 Å². The Morgan fingerprint density at radius 1 is 1.30 bits per heavy atom. The number of thiophene rings is 1. The summed E-state index contributed by atoms with van der Waals surface area (Å²) in [6, 6.07) is 3.74. The minimum Gasteiger partial charge on any atom is -0.481 e. The van der Waals surface area contributed by atoms with E-state index in [1.165, 1.54) is 4.88 Å². The Morgan fingerprint density at radius 2 is 2.05 bits per heavy atom. The second-order valence-corrected chi connectivity index (χ2v) is 6.82. The van der Waals surface area contributed by atoms with Gasteiger partial charge < -0.3 is 10.4 Å². The highest BCUT2D eigenvalue weighted by molar-refractivity contribution is 7.12. The molecule has 1 amide bonds. The van der Waals surface area contributed by atoms with Gasteiger partial charge in [-0.2, -0.15) is 0 Å². The molecule has 0 bridgehead atoms. The number of carbonyl (C=O) groups excluding carboxylic acids is 1. The average molecular weight is 295 g/mol. The molecule has 1 aromatic heterocycles. The normalized spacial score (nSPS) is 23.1. The van der Waals surface area contributed by atoms with E-state index in [1.807, 2.05) is 19.1 Å². The molecule has 1 saturated carbocycles. The van der Waals surface area contributed by atoms with E-state index in [0.717, 1.165) is 30.6 Å². The molecule has 1 heterocycles. The third kappa shape index (κ3) is 4.07. The molecule has 2 rings (SSSR count). The van der Waals surface area contributed by atoms with Crippen LogP contribution in [0.25, 0.3) is 0 Å². The van der Waals surface area contributed by atoms with E-state index in [-0.39, 0.29) is 11.9 Å². The molecule has 0 aromatic carbocycles. The van der Waals surface area contributed by atoms with Crippen LogP contribution in [0, 0.1) is 12.8 Å². The maximum atomic E-state index is 12.1. The Kier molecular flexibility index (Phi) is 5.17. The van der Waals surface area contributed by atoms with Crippen molar-refractivity contribution in [2.75, 3.05) is 0 Å². The molecule has 20 heavy (non-hydrogen) atoms. The minimum atomic E-state index is -0.788. The van der Waals surface area contributed by atoms with Gasteiger partial charge in [-0.1, -0.05) is 19.3 Å². The highest BCUT2D eigenvalue weighted by Gasteiger charge is 2.30. The molecule has 0 unspecified atom stereocenters. The summed E-state index contributed by atoms with van der Waals surface area (Å²) < 4.78 is 0. The Bertz CT molecular complexity index is 483. The van der Waals surface area contributed by atoms with E-state index in [9.17, 15) is 14.7 Å². The number of carbonyl (C=O) groups is 2. The molecule has 1 aliphatic rings. The monoisotopic (exact) mass is 295 g/mol. The summed E-state index contributed by atoms with van der Waals surface area (Å²) in [5.74, 6) is -1.29. The van der Waals surface area contributed by atoms with Gasteiger partial charge in [0.1, 0.15) is 0 Å². The number of hydrogen-bond donors (Lipinski definition) is 2. The Hall–Kier alpha value is -1.36. The third-order valence-electron chi connectivity index (χ3n) is 3.81. The Morgan fingerprint density at radius 3 is 2.70 bits per heavy atom. The lowest BCUT2D eigenvalue weighted by atomic mass is 9.95. The number of aryl methyl sites for hydroxylation is 1. The lowest BCUT2D eigenvalue weighted by molar-refractivity contribution is -0.143. The van der Waals surface area contributed by atoms with Crippen molar-refractivity contribution in [2.45, 2.75) is 51.5 Å². The summed E-state index contributed by atoms with van der Waals surface area (Å²) in [6.07, 6.45) is 4.77. The van der Waals surface area contributed by atoms with Crippen LogP contribution in [-0.2, 0) is 16.0 Å². The van der Waals surface area contributed by atoms with E-state index in [4.69, 9.17) is 0 Å². The number of amides is 1. The summed E-state index contributed by atoms with van der Waals surface area (Å²) in [4.78, 5) is 25.6. The van der Waals surface area contributed by atoms with Crippen LogP contribution in [-0.4, -0.2) is 23.0 Å². The van der Waals surface area contributed by atoms with Crippen molar-refractivity contribution < 1.29 is 14.7 Å². The zero-order valence-corrected chi connectivity index (χ0v) is 12.5. The first-order valence-electron chi connectivity index (χ1n) is 7.14. The van der Waals surface area contributed by atoms with Crippen molar-refractivity contribution in [3.63, 3.8) is 0 Å². The quantitative estimate of drug-likeness (QED) is 0.839. The molecule has 1 aliphatic carbocycles. The highest BCUT2D eigenvalue weighted by atomic mass is 32.1. The molecule has 1 aromatic rings. The molecule has 0 aliphatic heterocycles. The SMILES string of the molecule is Cc1ccc(CC(=O)N[C@H]2CCCCC[C@H]2C(=O)O)s1. The van der Waals surface area contributed by atoms with Gasteiger partial charge in [0.05, 0.1) is 12.3 Å². The van der Waals surface area contributed by atoms with Gasteiger partial charge >= 0.3 is 5.97 Å². The summed E-state index contributed by atoms with van der Waals surface area (Å²) in [5, 5.41) is 12.2. The van der Waals surface area contributed by atoms with Gasteiger partial charge in [-0.3, -0.25) is 9.59 Å². The number of aliphatic carboxylic acids is 1. The molecule has 4 nitrogen and oxygen atoms in total. The lowest BCUT2D eigenvalue weighted by Gasteiger charge is -2.22. The molecule has 0 spiro atoms. The fourth-order valence-electron chi connectivity index (χ4n) is 2.77. The molecular weight excluding hydrogens is 274 g/mol. The first-order chi connectivity index (χ1) is 9.56. The highest BCUT2D eigenvalue weighted by Crippen LogP contribution is 2.24. The zero-order chi connectivity index (χ0) is 14.5. The maximum absolute atomic E-state index is 12.1. The minimum absolute atomic E-state index is 0.0648. The summed E-state index contributed by atoms with van der Waals surface area (Å²) in [5.41, 5.74) is 0. The average Bonchev–Trinajstić information content (AvgIpc) is 2.64. The van der Waals surface area contributed by atoms with Crippen LogP contribution >= 0.6 is 11.3 Å². The fourth-order valence-corrected chi connectivity index (χ4v) is 3.66. The van der Waals surface area contributed by atoms with E-state index >= 15 is 0 Å². The lowest BCUT2D eigenvalue weighted by Crippen LogP contribution is -2.43. The van der Waals surface area contributed by atoms with E-state index in [2.05, 4.69) is 5.32 Å². The molecule has 0 radical (unpaired) electrons. The first-order valence-corrected chi connectivity index (χ1v) is 7.95.